The molecule has 0 aromatic heterocycles. The van der Waals surface area contributed by atoms with Crippen molar-refractivity contribution in [3.63, 3.8) is 0 Å². The zero-order chi connectivity index (χ0) is 8.58. The number of aliphatic hydroxyl groups is 1. The average molecular weight is 147 g/mol. The van der Waals surface area contributed by atoms with Crippen LogP contribution in [0.4, 0.5) is 0 Å². The van der Waals surface area contributed by atoms with Gasteiger partial charge in [-0.15, -0.1) is 0 Å². The van der Waals surface area contributed by atoms with E-state index in [2.05, 4.69) is 0 Å². The van der Waals surface area contributed by atoms with Gasteiger partial charge in [0.15, 0.2) is 0 Å². The number of rotatable bonds is 2. The average Bonchev–Trinajstić information content (AvgIpc) is 1.62. The topological polar surface area (TPSA) is 75.5 Å². The highest BCUT2D eigenvalue weighted by atomic mass is 16.3. The Morgan fingerprint density at radius 3 is 1.40 bits per heavy atom. The maximum Gasteiger partial charge on any atom is 0.0797 e. The fourth-order valence-corrected chi connectivity index (χ4v) is 0.316. The van der Waals surface area contributed by atoms with Crippen molar-refractivity contribution in [3.05, 3.63) is 0 Å². The van der Waals surface area contributed by atoms with E-state index < -0.39 is 11.1 Å². The van der Waals surface area contributed by atoms with Crippen LogP contribution in [0.2, 0.25) is 0 Å². The van der Waals surface area contributed by atoms with Crippen LogP contribution in [0.15, 0.2) is 0 Å². The van der Waals surface area contributed by atoms with Crippen LogP contribution >= 0.6 is 0 Å². The highest BCUT2D eigenvalue weighted by molar-refractivity contribution is 4.91. The smallest absolute Gasteiger partial charge is 0.0797 e. The van der Waals surface area contributed by atoms with Crippen LogP contribution < -0.4 is 11.7 Å². The minimum absolute atomic E-state index is 0.618. The zero-order valence-corrected chi connectivity index (χ0v) is 7.05. The Kier molecular flexibility index (Phi) is 2.43. The molecule has 0 saturated carbocycles. The Balaban J connectivity index is 4.40. The maximum absolute atomic E-state index is 9.51. The molecule has 0 heterocycles. The van der Waals surface area contributed by atoms with Gasteiger partial charge in [-0.2, -0.15) is 5.12 Å². The Morgan fingerprint density at radius 1 is 1.10 bits per heavy atom. The third-order valence-electron chi connectivity index (χ3n) is 2.14. The lowest BCUT2D eigenvalue weighted by Crippen LogP contribution is -2.63. The van der Waals surface area contributed by atoms with Crippen LogP contribution in [0.25, 0.3) is 0 Å². The van der Waals surface area contributed by atoms with E-state index in [9.17, 15) is 5.11 Å². The fourth-order valence-electron chi connectivity index (χ4n) is 0.316. The molecule has 10 heavy (non-hydrogen) atoms. The van der Waals surface area contributed by atoms with Crippen LogP contribution in [-0.2, 0) is 0 Å². The predicted octanol–water partition coefficient (Wildman–Crippen LogP) is -0.415. The fraction of sp³-hybridized carbons (Fsp3) is 1.00. The third-order valence-corrected chi connectivity index (χ3v) is 2.14. The van der Waals surface area contributed by atoms with Gasteiger partial charge in [-0.3, -0.25) is 11.7 Å². The molecular formula is C6H17N3O. The van der Waals surface area contributed by atoms with Gasteiger partial charge in [0.2, 0.25) is 0 Å². The SMILES string of the molecule is CC(C)(O)C(C)(C)N(N)N. The molecule has 0 atom stereocenters. The molecule has 0 aliphatic carbocycles. The van der Waals surface area contributed by atoms with Crippen LogP contribution in [0.5, 0.6) is 0 Å². The standard InChI is InChI=1S/C6H17N3O/c1-5(2,9(7)8)6(3,4)10/h10H,7-8H2,1-4H3. The first-order chi connectivity index (χ1) is 4.19. The maximum atomic E-state index is 9.51. The van der Waals surface area contributed by atoms with E-state index in [1.165, 1.54) is 0 Å². The molecule has 0 aliphatic heterocycles. The van der Waals surface area contributed by atoms with Crippen molar-refractivity contribution >= 4 is 0 Å². The monoisotopic (exact) mass is 147 g/mol. The summed E-state index contributed by atoms with van der Waals surface area (Å²) in [5.41, 5.74) is -1.52. The molecule has 0 radical (unpaired) electrons. The van der Waals surface area contributed by atoms with Gasteiger partial charge in [-0.05, 0) is 27.7 Å². The molecule has 0 amide bonds. The second-order valence-electron chi connectivity index (χ2n) is 3.53. The van der Waals surface area contributed by atoms with E-state index in [0.29, 0.717) is 0 Å². The van der Waals surface area contributed by atoms with Crippen molar-refractivity contribution < 1.29 is 5.11 Å². The molecule has 0 aromatic rings. The van der Waals surface area contributed by atoms with Crippen molar-refractivity contribution in [1.82, 2.24) is 5.12 Å². The molecule has 0 aliphatic rings. The van der Waals surface area contributed by atoms with Crippen LogP contribution in [0, 0.1) is 0 Å². The number of hydrazine groups is 2. The highest BCUT2D eigenvalue weighted by Crippen LogP contribution is 2.22. The Labute approximate surface area is 61.7 Å². The third kappa shape index (κ3) is 1.67. The normalized spacial score (nSPS) is 14.4. The minimum Gasteiger partial charge on any atom is -0.388 e. The molecule has 0 rings (SSSR count). The summed E-state index contributed by atoms with van der Waals surface area (Å²) < 4.78 is 0. The quantitative estimate of drug-likeness (QED) is 0.366. The second kappa shape index (κ2) is 2.47. The molecule has 4 nitrogen and oxygen atoms in total. The van der Waals surface area contributed by atoms with Crippen molar-refractivity contribution in [2.45, 2.75) is 38.8 Å². The van der Waals surface area contributed by atoms with Crippen LogP contribution in [-0.4, -0.2) is 21.4 Å². The molecule has 0 bridgehead atoms. The Morgan fingerprint density at radius 2 is 1.40 bits per heavy atom. The Bertz CT molecular complexity index is 115. The van der Waals surface area contributed by atoms with E-state index in [-0.39, 0.29) is 0 Å². The second-order valence-corrected chi connectivity index (χ2v) is 3.53. The van der Waals surface area contributed by atoms with Crippen LogP contribution in [0.1, 0.15) is 27.7 Å². The molecular weight excluding hydrogens is 130 g/mol. The predicted molar refractivity (Wildman–Crippen MR) is 40.6 cm³/mol. The van der Waals surface area contributed by atoms with Crippen molar-refractivity contribution in [1.29, 1.82) is 0 Å². The molecule has 5 N–H and O–H groups in total. The number of nitrogens with zero attached hydrogens (tertiary/aromatic N) is 1. The molecule has 0 spiro atoms. The van der Waals surface area contributed by atoms with Gasteiger partial charge >= 0.3 is 0 Å². The van der Waals surface area contributed by atoms with E-state index in [1.54, 1.807) is 27.7 Å². The van der Waals surface area contributed by atoms with Crippen LogP contribution in [0.3, 0.4) is 0 Å². The minimum atomic E-state index is -0.906. The highest BCUT2D eigenvalue weighted by Gasteiger charge is 2.38. The van der Waals surface area contributed by atoms with E-state index in [1.807, 2.05) is 0 Å². The van der Waals surface area contributed by atoms with E-state index in [4.69, 9.17) is 11.7 Å². The summed E-state index contributed by atoms with van der Waals surface area (Å²) in [7, 11) is 0. The number of hydrogen-bond donors (Lipinski definition) is 3. The Hall–Kier alpha value is -0.160. The van der Waals surface area contributed by atoms with E-state index in [0.717, 1.165) is 5.12 Å². The lowest BCUT2D eigenvalue weighted by atomic mass is 9.86. The number of nitrogens with two attached hydrogens (primary N) is 2. The summed E-state index contributed by atoms with van der Waals surface area (Å²) >= 11 is 0. The van der Waals surface area contributed by atoms with Gasteiger partial charge < -0.3 is 5.11 Å². The first kappa shape index (κ1) is 9.84. The summed E-state index contributed by atoms with van der Waals surface area (Å²) in [5, 5.41) is 10.5. The van der Waals surface area contributed by atoms with Crippen molar-refractivity contribution in [3.8, 4) is 0 Å². The summed E-state index contributed by atoms with van der Waals surface area (Å²) in [6.07, 6.45) is 0. The molecule has 4 heteroatoms. The van der Waals surface area contributed by atoms with Crippen molar-refractivity contribution in [2.24, 2.45) is 11.7 Å². The largest absolute Gasteiger partial charge is 0.388 e. The van der Waals surface area contributed by atoms with Gasteiger partial charge in [0.05, 0.1) is 11.1 Å². The number of hydrogen-bond acceptors (Lipinski definition) is 4. The first-order valence-corrected chi connectivity index (χ1v) is 3.21. The zero-order valence-electron chi connectivity index (χ0n) is 7.05. The van der Waals surface area contributed by atoms with Gasteiger partial charge in [0, 0.05) is 0 Å². The van der Waals surface area contributed by atoms with Gasteiger partial charge in [0.1, 0.15) is 0 Å². The summed E-state index contributed by atoms with van der Waals surface area (Å²) in [6.45, 7) is 6.87. The molecule has 62 valence electrons. The summed E-state index contributed by atoms with van der Waals surface area (Å²) in [6, 6.07) is 0. The van der Waals surface area contributed by atoms with E-state index >= 15 is 0 Å². The van der Waals surface area contributed by atoms with Gasteiger partial charge in [-0.1, -0.05) is 0 Å². The molecule has 0 aromatic carbocycles. The molecule has 0 saturated heterocycles. The molecule has 0 unspecified atom stereocenters. The van der Waals surface area contributed by atoms with Crippen molar-refractivity contribution in [2.75, 3.05) is 0 Å². The lowest BCUT2D eigenvalue weighted by Gasteiger charge is -2.41. The molecule has 0 fully saturated rings. The van der Waals surface area contributed by atoms with Gasteiger partial charge in [0.25, 0.3) is 0 Å². The van der Waals surface area contributed by atoms with Gasteiger partial charge in [-0.25, -0.2) is 0 Å². The lowest BCUT2D eigenvalue weighted by molar-refractivity contribution is -0.0745. The first-order valence-electron chi connectivity index (χ1n) is 3.21. The summed E-state index contributed by atoms with van der Waals surface area (Å²) in [4.78, 5) is 0. The summed E-state index contributed by atoms with van der Waals surface area (Å²) in [5.74, 6) is 10.6.